The van der Waals surface area contributed by atoms with Crippen molar-refractivity contribution in [3.63, 3.8) is 0 Å². The Morgan fingerprint density at radius 2 is 1.66 bits per heavy atom. The van der Waals surface area contributed by atoms with Gasteiger partial charge in [-0.3, -0.25) is 0 Å². The van der Waals surface area contributed by atoms with Gasteiger partial charge in [0.15, 0.2) is 5.16 Å². The highest BCUT2D eigenvalue weighted by Crippen LogP contribution is 2.33. The van der Waals surface area contributed by atoms with Gasteiger partial charge in [-0.2, -0.15) is 0 Å². The summed E-state index contributed by atoms with van der Waals surface area (Å²) < 4.78 is 0. The number of hydrogen-bond donors (Lipinski definition) is 3. The number of benzene rings is 2. The molecule has 0 fully saturated rings. The van der Waals surface area contributed by atoms with Crippen LogP contribution in [0.4, 0.5) is 0 Å². The molecule has 0 aliphatic heterocycles. The van der Waals surface area contributed by atoms with Crippen molar-refractivity contribution in [1.82, 2.24) is 19.9 Å². The minimum absolute atomic E-state index is 0.555. The average Bonchev–Trinajstić information content (AvgIpc) is 3.39. The van der Waals surface area contributed by atoms with Crippen LogP contribution in [0, 0.1) is 6.92 Å². The molecule has 2 aromatic heterocycles. The van der Waals surface area contributed by atoms with E-state index in [1.807, 2.05) is 49.5 Å². The van der Waals surface area contributed by atoms with Crippen molar-refractivity contribution in [3.05, 3.63) is 78.4 Å². The molecule has 148 valence electrons. The number of aryl methyl sites for hydroxylation is 1. The molecule has 0 saturated carbocycles. The number of aliphatic hydroxyl groups is 1. The van der Waals surface area contributed by atoms with Crippen LogP contribution in [-0.2, 0) is 0 Å². The van der Waals surface area contributed by atoms with E-state index in [9.17, 15) is 5.11 Å². The summed E-state index contributed by atoms with van der Waals surface area (Å²) in [4.78, 5) is 15.7. The minimum Gasteiger partial charge on any atom is -0.385 e. The standard InChI is InChI=1S/C23H24N4OS/c1-16-15-24-22(25-16)19(28)13-8-14-29-23-26-20(17-9-4-2-5-10-17)21(27-23)18-11-6-3-7-12-18/h2-7,9-12,15,19,28H,8,13-14H2,1H3,(H,24,25)(H,26,27). The van der Waals surface area contributed by atoms with Crippen LogP contribution < -0.4 is 0 Å². The van der Waals surface area contributed by atoms with Crippen LogP contribution in [0.2, 0.25) is 0 Å². The molecular weight excluding hydrogens is 380 g/mol. The van der Waals surface area contributed by atoms with E-state index in [0.717, 1.165) is 45.5 Å². The molecule has 0 aliphatic rings. The van der Waals surface area contributed by atoms with Crippen molar-refractivity contribution >= 4 is 11.8 Å². The normalized spacial score (nSPS) is 12.2. The van der Waals surface area contributed by atoms with Crippen molar-refractivity contribution in [3.8, 4) is 22.5 Å². The van der Waals surface area contributed by atoms with Gasteiger partial charge < -0.3 is 15.1 Å². The largest absolute Gasteiger partial charge is 0.385 e. The Labute approximate surface area is 174 Å². The maximum Gasteiger partial charge on any atom is 0.166 e. The number of H-pyrrole nitrogens is 2. The first-order valence-corrected chi connectivity index (χ1v) is 10.7. The van der Waals surface area contributed by atoms with Gasteiger partial charge in [0.25, 0.3) is 0 Å². The molecule has 0 radical (unpaired) electrons. The minimum atomic E-state index is -0.555. The number of hydrogen-bond acceptors (Lipinski definition) is 4. The van der Waals surface area contributed by atoms with Crippen LogP contribution in [0.1, 0.15) is 30.5 Å². The van der Waals surface area contributed by atoms with E-state index < -0.39 is 6.10 Å². The predicted octanol–water partition coefficient (Wildman–Crippen LogP) is 5.38. The van der Waals surface area contributed by atoms with Crippen LogP contribution >= 0.6 is 11.8 Å². The van der Waals surface area contributed by atoms with Crippen molar-refractivity contribution < 1.29 is 5.11 Å². The van der Waals surface area contributed by atoms with Gasteiger partial charge in [0.05, 0.1) is 17.1 Å². The summed E-state index contributed by atoms with van der Waals surface area (Å²) in [6.07, 6.45) is 2.79. The van der Waals surface area contributed by atoms with Gasteiger partial charge >= 0.3 is 0 Å². The highest BCUT2D eigenvalue weighted by atomic mass is 32.2. The van der Waals surface area contributed by atoms with Crippen molar-refractivity contribution in [1.29, 1.82) is 0 Å². The Balaban J connectivity index is 1.45. The third-order valence-electron chi connectivity index (χ3n) is 4.69. The van der Waals surface area contributed by atoms with Crippen molar-refractivity contribution in [2.75, 3.05) is 5.75 Å². The third-order valence-corrected chi connectivity index (χ3v) is 5.65. The second-order valence-electron chi connectivity index (χ2n) is 6.93. The number of aliphatic hydroxyl groups excluding tert-OH is 1. The van der Waals surface area contributed by atoms with E-state index >= 15 is 0 Å². The lowest BCUT2D eigenvalue weighted by atomic mass is 10.1. The molecule has 1 atom stereocenters. The molecule has 0 spiro atoms. The van der Waals surface area contributed by atoms with Crippen LogP contribution in [0.3, 0.4) is 0 Å². The molecule has 0 amide bonds. The Kier molecular flexibility index (Phi) is 6.12. The third kappa shape index (κ3) is 4.78. The fourth-order valence-corrected chi connectivity index (χ4v) is 4.06. The molecule has 4 rings (SSSR count). The first kappa shape index (κ1) is 19.5. The summed E-state index contributed by atoms with van der Waals surface area (Å²) in [5.74, 6) is 1.51. The summed E-state index contributed by atoms with van der Waals surface area (Å²) in [7, 11) is 0. The molecule has 2 heterocycles. The Hall–Kier alpha value is -2.83. The molecule has 0 aliphatic carbocycles. The highest BCUT2D eigenvalue weighted by molar-refractivity contribution is 7.99. The first-order chi connectivity index (χ1) is 14.2. The SMILES string of the molecule is Cc1c[nH]c(C(O)CCCSc2nc(-c3ccccc3)c(-c3ccccc3)[nH]2)n1. The lowest BCUT2D eigenvalue weighted by molar-refractivity contribution is 0.158. The smallest absolute Gasteiger partial charge is 0.166 e. The molecule has 4 aromatic rings. The fraction of sp³-hybridized carbons (Fsp3) is 0.217. The second kappa shape index (κ2) is 9.11. The lowest BCUT2D eigenvalue weighted by Gasteiger charge is -2.06. The van der Waals surface area contributed by atoms with E-state index in [4.69, 9.17) is 4.98 Å². The molecule has 1 unspecified atom stereocenters. The number of imidazole rings is 2. The van der Waals surface area contributed by atoms with Gasteiger partial charge in [-0.25, -0.2) is 9.97 Å². The number of aromatic nitrogens is 4. The van der Waals surface area contributed by atoms with Gasteiger partial charge in [0.1, 0.15) is 11.9 Å². The second-order valence-corrected chi connectivity index (χ2v) is 8.01. The van der Waals surface area contributed by atoms with Crippen LogP contribution in [-0.4, -0.2) is 30.8 Å². The highest BCUT2D eigenvalue weighted by Gasteiger charge is 2.15. The van der Waals surface area contributed by atoms with Gasteiger partial charge in [0, 0.05) is 23.1 Å². The van der Waals surface area contributed by atoms with E-state index in [1.54, 1.807) is 11.8 Å². The summed E-state index contributed by atoms with van der Waals surface area (Å²) in [5, 5.41) is 11.1. The maximum atomic E-state index is 10.3. The summed E-state index contributed by atoms with van der Waals surface area (Å²) >= 11 is 1.68. The zero-order valence-electron chi connectivity index (χ0n) is 16.3. The molecule has 2 aromatic carbocycles. The number of nitrogens with zero attached hydrogens (tertiary/aromatic N) is 2. The summed E-state index contributed by atoms with van der Waals surface area (Å²) in [6.45, 7) is 1.91. The van der Waals surface area contributed by atoms with Crippen molar-refractivity contribution in [2.24, 2.45) is 0 Å². The zero-order chi connectivity index (χ0) is 20.1. The molecule has 6 heteroatoms. The van der Waals surface area contributed by atoms with Gasteiger partial charge in [-0.15, -0.1) is 0 Å². The molecule has 29 heavy (non-hydrogen) atoms. The average molecular weight is 405 g/mol. The van der Waals surface area contributed by atoms with E-state index in [-0.39, 0.29) is 0 Å². The van der Waals surface area contributed by atoms with E-state index in [1.165, 1.54) is 0 Å². The van der Waals surface area contributed by atoms with Crippen LogP contribution in [0.5, 0.6) is 0 Å². The van der Waals surface area contributed by atoms with Crippen LogP contribution in [0.15, 0.2) is 72.0 Å². The van der Waals surface area contributed by atoms with E-state index in [0.29, 0.717) is 12.2 Å². The quantitative estimate of drug-likeness (QED) is 0.272. The number of rotatable bonds is 8. The topological polar surface area (TPSA) is 77.6 Å². The zero-order valence-corrected chi connectivity index (χ0v) is 17.1. The Morgan fingerprint density at radius 1 is 0.966 bits per heavy atom. The number of nitrogens with one attached hydrogen (secondary N) is 2. The van der Waals surface area contributed by atoms with Gasteiger partial charge in [-0.1, -0.05) is 72.4 Å². The Morgan fingerprint density at radius 3 is 2.31 bits per heavy atom. The number of thioether (sulfide) groups is 1. The van der Waals surface area contributed by atoms with E-state index in [2.05, 4.69) is 39.2 Å². The predicted molar refractivity (Wildman–Crippen MR) is 118 cm³/mol. The monoisotopic (exact) mass is 404 g/mol. The van der Waals surface area contributed by atoms with Crippen molar-refractivity contribution in [2.45, 2.75) is 31.0 Å². The molecular formula is C23H24N4OS. The molecule has 0 bridgehead atoms. The Bertz CT molecular complexity index is 986. The summed E-state index contributed by atoms with van der Waals surface area (Å²) in [6, 6.07) is 20.5. The fourth-order valence-electron chi connectivity index (χ4n) is 3.22. The molecule has 5 nitrogen and oxygen atoms in total. The molecule has 0 saturated heterocycles. The van der Waals surface area contributed by atoms with Gasteiger partial charge in [-0.05, 0) is 19.8 Å². The van der Waals surface area contributed by atoms with Gasteiger partial charge in [0.2, 0.25) is 0 Å². The maximum absolute atomic E-state index is 10.3. The first-order valence-electron chi connectivity index (χ1n) is 9.74. The molecule has 3 N–H and O–H groups in total. The lowest BCUT2D eigenvalue weighted by Crippen LogP contribution is -2.00. The summed E-state index contributed by atoms with van der Waals surface area (Å²) in [5.41, 5.74) is 5.11. The number of aromatic amines is 2. The van der Waals surface area contributed by atoms with Crippen LogP contribution in [0.25, 0.3) is 22.5 Å².